The van der Waals surface area contributed by atoms with Crippen molar-refractivity contribution in [2.24, 2.45) is 4.99 Å². The molecule has 1 saturated heterocycles. The number of rotatable bonds is 11. The molecule has 0 bridgehead atoms. The van der Waals surface area contributed by atoms with Crippen LogP contribution >= 0.6 is 0 Å². The van der Waals surface area contributed by atoms with Crippen molar-refractivity contribution in [2.45, 2.75) is 39.7 Å². The number of piperazine rings is 1. The number of hydrogen-bond acceptors (Lipinski definition) is 5. The molecular weight excluding hydrogens is 352 g/mol. The lowest BCUT2D eigenvalue weighted by Crippen LogP contribution is -2.44. The Labute approximate surface area is 170 Å². The molecule has 0 spiro atoms. The molecule has 0 unspecified atom stereocenters. The van der Waals surface area contributed by atoms with E-state index in [2.05, 4.69) is 52.4 Å². The maximum Gasteiger partial charge on any atom is 0.191 e. The molecular formula is C21H38N6O. The maximum atomic E-state index is 5.61. The van der Waals surface area contributed by atoms with Gasteiger partial charge in [-0.1, -0.05) is 13.3 Å². The second-order valence-corrected chi connectivity index (χ2v) is 7.25. The molecule has 2 rings (SSSR count). The molecule has 0 aliphatic carbocycles. The third-order valence-electron chi connectivity index (χ3n) is 4.80. The third-order valence-corrected chi connectivity index (χ3v) is 4.80. The number of aliphatic imine (C=N–C) groups is 1. The van der Waals surface area contributed by atoms with E-state index in [1.54, 1.807) is 0 Å². The van der Waals surface area contributed by atoms with Crippen molar-refractivity contribution in [2.75, 3.05) is 64.4 Å². The highest BCUT2D eigenvalue weighted by atomic mass is 16.5. The van der Waals surface area contributed by atoms with Crippen molar-refractivity contribution in [3.8, 4) is 0 Å². The van der Waals surface area contributed by atoms with Crippen LogP contribution < -0.4 is 15.5 Å². The van der Waals surface area contributed by atoms with Gasteiger partial charge in [-0.2, -0.15) is 0 Å². The zero-order chi connectivity index (χ0) is 20.0. The average molecular weight is 391 g/mol. The van der Waals surface area contributed by atoms with Crippen LogP contribution in [0.2, 0.25) is 0 Å². The maximum absolute atomic E-state index is 5.61. The van der Waals surface area contributed by atoms with Gasteiger partial charge in [0.2, 0.25) is 0 Å². The van der Waals surface area contributed by atoms with E-state index in [0.29, 0.717) is 6.54 Å². The minimum Gasteiger partial charge on any atom is -0.381 e. The van der Waals surface area contributed by atoms with Gasteiger partial charge in [0.25, 0.3) is 0 Å². The van der Waals surface area contributed by atoms with E-state index >= 15 is 0 Å². The summed E-state index contributed by atoms with van der Waals surface area (Å²) in [6.45, 7) is 12.5. The van der Waals surface area contributed by atoms with Gasteiger partial charge in [-0.05, 0) is 44.5 Å². The second kappa shape index (κ2) is 13.3. The highest BCUT2D eigenvalue weighted by Gasteiger charge is 2.15. The van der Waals surface area contributed by atoms with E-state index in [4.69, 9.17) is 9.73 Å². The fourth-order valence-electron chi connectivity index (χ4n) is 3.01. The first-order valence-corrected chi connectivity index (χ1v) is 10.7. The standard InChI is InChI=1S/C21H38N6O/c1-4-6-15-28-16-7-9-24-21(22-5-2)25-18-19-8-10-23-20(17-19)27-13-11-26(3)12-14-27/h8,10,17H,4-7,9,11-16,18H2,1-3H3,(H2,22,24,25). The number of aromatic nitrogens is 1. The average Bonchev–Trinajstić information content (AvgIpc) is 2.72. The second-order valence-electron chi connectivity index (χ2n) is 7.25. The lowest BCUT2D eigenvalue weighted by atomic mass is 10.2. The first-order chi connectivity index (χ1) is 13.7. The molecule has 1 aromatic heterocycles. The monoisotopic (exact) mass is 390 g/mol. The van der Waals surface area contributed by atoms with Crippen molar-refractivity contribution in [3.63, 3.8) is 0 Å². The fourth-order valence-corrected chi connectivity index (χ4v) is 3.01. The van der Waals surface area contributed by atoms with E-state index in [1.165, 1.54) is 12.0 Å². The largest absolute Gasteiger partial charge is 0.381 e. The van der Waals surface area contributed by atoms with Crippen molar-refractivity contribution >= 4 is 11.8 Å². The predicted octanol–water partition coefficient (Wildman–Crippen LogP) is 2.10. The molecule has 1 fully saturated rings. The Balaban J connectivity index is 1.80. The number of anilines is 1. The van der Waals surface area contributed by atoms with E-state index in [-0.39, 0.29) is 0 Å². The van der Waals surface area contributed by atoms with Gasteiger partial charge < -0.3 is 25.2 Å². The summed E-state index contributed by atoms with van der Waals surface area (Å²) in [5.74, 6) is 1.91. The van der Waals surface area contributed by atoms with Gasteiger partial charge >= 0.3 is 0 Å². The molecule has 2 N–H and O–H groups in total. The van der Waals surface area contributed by atoms with Crippen LogP contribution in [-0.4, -0.2) is 75.4 Å². The van der Waals surface area contributed by atoms with Crippen molar-refractivity contribution in [1.29, 1.82) is 0 Å². The van der Waals surface area contributed by atoms with Crippen LogP contribution in [0.5, 0.6) is 0 Å². The summed E-state index contributed by atoms with van der Waals surface area (Å²) in [7, 11) is 2.17. The van der Waals surface area contributed by atoms with Gasteiger partial charge in [0.15, 0.2) is 5.96 Å². The number of nitrogens with zero attached hydrogens (tertiary/aromatic N) is 4. The molecule has 28 heavy (non-hydrogen) atoms. The molecule has 1 aliphatic rings. The van der Waals surface area contributed by atoms with Gasteiger partial charge in [0, 0.05) is 58.7 Å². The quantitative estimate of drug-likeness (QED) is 0.343. The zero-order valence-corrected chi connectivity index (χ0v) is 17.9. The molecule has 7 nitrogen and oxygen atoms in total. The first-order valence-electron chi connectivity index (χ1n) is 10.7. The molecule has 0 saturated carbocycles. The number of unbranched alkanes of at least 4 members (excludes halogenated alkanes) is 1. The Morgan fingerprint density at radius 3 is 2.68 bits per heavy atom. The molecule has 1 aromatic rings. The number of guanidine groups is 1. The summed E-state index contributed by atoms with van der Waals surface area (Å²) in [5.41, 5.74) is 1.18. The normalized spacial score (nSPS) is 15.7. The molecule has 0 amide bonds. The predicted molar refractivity (Wildman–Crippen MR) is 117 cm³/mol. The summed E-state index contributed by atoms with van der Waals surface area (Å²) < 4.78 is 5.61. The molecule has 158 valence electrons. The molecule has 0 aromatic carbocycles. The fraction of sp³-hybridized carbons (Fsp3) is 0.714. The minimum absolute atomic E-state index is 0.644. The minimum atomic E-state index is 0.644. The SMILES string of the molecule is CCCCOCCCNC(=NCc1ccnc(N2CCN(C)CC2)c1)NCC. The van der Waals surface area contributed by atoms with Gasteiger partial charge in [0.05, 0.1) is 6.54 Å². The topological polar surface area (TPSA) is 65.0 Å². The third kappa shape index (κ3) is 8.44. The number of hydrogen-bond donors (Lipinski definition) is 2. The molecule has 0 atom stereocenters. The van der Waals surface area contributed by atoms with Crippen LogP contribution in [0, 0.1) is 0 Å². The highest BCUT2D eigenvalue weighted by Crippen LogP contribution is 2.15. The van der Waals surface area contributed by atoms with Gasteiger partial charge in [-0.3, -0.25) is 0 Å². The molecule has 7 heteroatoms. The number of nitrogens with one attached hydrogen (secondary N) is 2. The highest BCUT2D eigenvalue weighted by molar-refractivity contribution is 5.79. The number of ether oxygens (including phenoxy) is 1. The van der Waals surface area contributed by atoms with Gasteiger partial charge in [-0.15, -0.1) is 0 Å². The van der Waals surface area contributed by atoms with Gasteiger partial charge in [0.1, 0.15) is 5.82 Å². The Hall–Kier alpha value is -1.86. The molecule has 2 heterocycles. The summed E-state index contributed by atoms with van der Waals surface area (Å²) in [6.07, 6.45) is 5.20. The van der Waals surface area contributed by atoms with Crippen LogP contribution in [-0.2, 0) is 11.3 Å². The summed E-state index contributed by atoms with van der Waals surface area (Å²) in [4.78, 5) is 14.0. The lowest BCUT2D eigenvalue weighted by Gasteiger charge is -2.33. The lowest BCUT2D eigenvalue weighted by molar-refractivity contribution is 0.129. The van der Waals surface area contributed by atoms with Crippen molar-refractivity contribution in [1.82, 2.24) is 20.5 Å². The summed E-state index contributed by atoms with van der Waals surface area (Å²) in [6, 6.07) is 4.22. The van der Waals surface area contributed by atoms with Crippen LogP contribution in [0.25, 0.3) is 0 Å². The molecule has 0 radical (unpaired) electrons. The van der Waals surface area contributed by atoms with Crippen molar-refractivity contribution in [3.05, 3.63) is 23.9 Å². The summed E-state index contributed by atoms with van der Waals surface area (Å²) in [5, 5.41) is 6.71. The zero-order valence-electron chi connectivity index (χ0n) is 17.9. The first kappa shape index (κ1) is 22.4. The Morgan fingerprint density at radius 1 is 1.14 bits per heavy atom. The van der Waals surface area contributed by atoms with Crippen molar-refractivity contribution < 1.29 is 4.74 Å². The van der Waals surface area contributed by atoms with Crippen LogP contribution in [0.1, 0.15) is 38.7 Å². The molecule has 1 aliphatic heterocycles. The number of pyridine rings is 1. The van der Waals surface area contributed by atoms with E-state index in [0.717, 1.165) is 77.1 Å². The Kier molecular flexibility index (Phi) is 10.7. The summed E-state index contributed by atoms with van der Waals surface area (Å²) >= 11 is 0. The van der Waals surface area contributed by atoms with Crippen LogP contribution in [0.4, 0.5) is 5.82 Å². The van der Waals surface area contributed by atoms with E-state index in [1.807, 2.05) is 12.3 Å². The Morgan fingerprint density at radius 2 is 1.93 bits per heavy atom. The number of likely N-dealkylation sites (N-methyl/N-ethyl adjacent to an activating group) is 1. The van der Waals surface area contributed by atoms with Crippen LogP contribution in [0.15, 0.2) is 23.3 Å². The smallest absolute Gasteiger partial charge is 0.191 e. The van der Waals surface area contributed by atoms with E-state index in [9.17, 15) is 0 Å². The van der Waals surface area contributed by atoms with Crippen LogP contribution in [0.3, 0.4) is 0 Å². The van der Waals surface area contributed by atoms with Gasteiger partial charge in [-0.25, -0.2) is 9.98 Å². The Bertz CT molecular complexity index is 572. The van der Waals surface area contributed by atoms with E-state index < -0.39 is 0 Å².